The monoisotopic (exact) mass is 299 g/mol. The highest BCUT2D eigenvalue weighted by molar-refractivity contribution is 6.27. The Hall–Kier alpha value is -3.35. The molecule has 3 aromatic rings. The Morgan fingerprint density at radius 2 is 1.59 bits per heavy atom. The third-order valence-electron chi connectivity index (χ3n) is 2.91. The SMILES string of the molecule is Nn1c(-c2ccncc2)cc2ccccc21.O=C(O)C(=O)O. The van der Waals surface area contributed by atoms with E-state index in [1.54, 1.807) is 17.1 Å². The molecule has 0 fully saturated rings. The molecule has 0 radical (unpaired) electrons. The summed E-state index contributed by atoms with van der Waals surface area (Å²) >= 11 is 0. The highest BCUT2D eigenvalue weighted by Crippen LogP contribution is 2.25. The van der Waals surface area contributed by atoms with E-state index < -0.39 is 11.9 Å². The third-order valence-corrected chi connectivity index (χ3v) is 2.91. The minimum atomic E-state index is -1.82. The maximum atomic E-state index is 9.10. The van der Waals surface area contributed by atoms with Crippen molar-refractivity contribution in [3.05, 3.63) is 54.9 Å². The van der Waals surface area contributed by atoms with Gasteiger partial charge in [0.15, 0.2) is 0 Å². The molecule has 0 atom stereocenters. The fourth-order valence-electron chi connectivity index (χ4n) is 1.92. The van der Waals surface area contributed by atoms with Crippen LogP contribution in [0.3, 0.4) is 0 Å². The number of carboxylic acids is 2. The Kier molecular flexibility index (Phi) is 4.38. The van der Waals surface area contributed by atoms with Gasteiger partial charge in [0.1, 0.15) is 0 Å². The van der Waals surface area contributed by atoms with Gasteiger partial charge in [0, 0.05) is 23.3 Å². The Balaban J connectivity index is 0.000000254. The van der Waals surface area contributed by atoms with Crippen LogP contribution in [0.4, 0.5) is 0 Å². The molecule has 0 saturated heterocycles. The lowest BCUT2D eigenvalue weighted by Gasteiger charge is -2.03. The number of aliphatic carboxylic acids is 2. The molecule has 2 heterocycles. The van der Waals surface area contributed by atoms with E-state index in [0.29, 0.717) is 0 Å². The number of hydrogen-bond acceptors (Lipinski definition) is 4. The normalized spacial score (nSPS) is 9.82. The van der Waals surface area contributed by atoms with Crippen molar-refractivity contribution in [3.63, 3.8) is 0 Å². The summed E-state index contributed by atoms with van der Waals surface area (Å²) in [7, 11) is 0. The van der Waals surface area contributed by atoms with Crippen LogP contribution in [-0.4, -0.2) is 31.8 Å². The van der Waals surface area contributed by atoms with Gasteiger partial charge in [0.2, 0.25) is 0 Å². The minimum absolute atomic E-state index is 1.00. The van der Waals surface area contributed by atoms with Crippen molar-refractivity contribution in [1.29, 1.82) is 0 Å². The number of benzene rings is 1. The number of nitrogen functional groups attached to an aromatic ring is 1. The van der Waals surface area contributed by atoms with E-state index in [9.17, 15) is 0 Å². The van der Waals surface area contributed by atoms with Crippen molar-refractivity contribution in [1.82, 2.24) is 9.66 Å². The molecule has 0 aliphatic rings. The Bertz CT molecular complexity index is 800. The van der Waals surface area contributed by atoms with Crippen LogP contribution in [0.15, 0.2) is 54.9 Å². The predicted octanol–water partition coefficient (Wildman–Crippen LogP) is 1.57. The van der Waals surface area contributed by atoms with Crippen LogP contribution in [-0.2, 0) is 9.59 Å². The number of fused-ring (bicyclic) bond motifs is 1. The number of para-hydroxylation sites is 1. The molecule has 0 amide bonds. The summed E-state index contributed by atoms with van der Waals surface area (Å²) < 4.78 is 1.71. The van der Waals surface area contributed by atoms with Crippen molar-refractivity contribution in [3.8, 4) is 11.3 Å². The van der Waals surface area contributed by atoms with Crippen LogP contribution in [0.25, 0.3) is 22.2 Å². The first-order chi connectivity index (χ1) is 10.5. The molecule has 1 aromatic carbocycles. The zero-order chi connectivity index (χ0) is 16.1. The first kappa shape index (κ1) is 15.0. The molecule has 3 rings (SSSR count). The molecule has 0 bridgehead atoms. The van der Waals surface area contributed by atoms with Crippen molar-refractivity contribution in [2.45, 2.75) is 0 Å². The Morgan fingerprint density at radius 3 is 2.14 bits per heavy atom. The van der Waals surface area contributed by atoms with Gasteiger partial charge < -0.3 is 16.1 Å². The van der Waals surface area contributed by atoms with Gasteiger partial charge in [-0.3, -0.25) is 9.66 Å². The second kappa shape index (κ2) is 6.40. The minimum Gasteiger partial charge on any atom is -0.473 e. The lowest BCUT2D eigenvalue weighted by Crippen LogP contribution is -2.09. The van der Waals surface area contributed by atoms with Gasteiger partial charge in [0.25, 0.3) is 0 Å². The van der Waals surface area contributed by atoms with Gasteiger partial charge in [-0.1, -0.05) is 18.2 Å². The summed E-state index contributed by atoms with van der Waals surface area (Å²) in [6, 6.07) is 14.1. The summed E-state index contributed by atoms with van der Waals surface area (Å²) in [5, 5.41) is 15.9. The standard InChI is InChI=1S/C13H11N3.C2H2O4/c14-16-12-4-2-1-3-11(12)9-13(16)10-5-7-15-8-6-10;3-1(4)2(5)6/h1-9H,14H2;(H,3,4)(H,5,6). The number of rotatable bonds is 1. The van der Waals surface area contributed by atoms with E-state index >= 15 is 0 Å². The molecule has 7 nitrogen and oxygen atoms in total. The molecule has 0 aliphatic heterocycles. The summed E-state index contributed by atoms with van der Waals surface area (Å²) in [4.78, 5) is 22.2. The van der Waals surface area contributed by atoms with Gasteiger partial charge in [-0.2, -0.15) is 0 Å². The van der Waals surface area contributed by atoms with Gasteiger partial charge in [-0.05, 0) is 24.3 Å². The van der Waals surface area contributed by atoms with Crippen LogP contribution in [0, 0.1) is 0 Å². The number of pyridine rings is 1. The topological polar surface area (TPSA) is 118 Å². The average molecular weight is 299 g/mol. The molecule has 7 heteroatoms. The van der Waals surface area contributed by atoms with E-state index in [1.165, 1.54) is 0 Å². The zero-order valence-corrected chi connectivity index (χ0v) is 11.4. The number of aromatic nitrogens is 2. The number of hydrogen-bond donors (Lipinski definition) is 3. The lowest BCUT2D eigenvalue weighted by atomic mass is 10.2. The number of carboxylic acid groups (broad SMARTS) is 2. The third kappa shape index (κ3) is 3.21. The Morgan fingerprint density at radius 1 is 1.00 bits per heavy atom. The van der Waals surface area contributed by atoms with Crippen molar-refractivity contribution >= 4 is 22.8 Å². The summed E-state index contributed by atoms with van der Waals surface area (Å²) in [5.41, 5.74) is 3.12. The van der Waals surface area contributed by atoms with E-state index in [-0.39, 0.29) is 0 Å². The molecular weight excluding hydrogens is 286 g/mol. The molecule has 0 aliphatic carbocycles. The van der Waals surface area contributed by atoms with Gasteiger partial charge in [-0.15, -0.1) is 0 Å². The number of carbonyl (C=O) groups is 2. The number of nitrogens with zero attached hydrogens (tertiary/aromatic N) is 2. The quantitative estimate of drug-likeness (QED) is 0.463. The molecule has 4 N–H and O–H groups in total. The average Bonchev–Trinajstić information content (AvgIpc) is 2.86. The van der Waals surface area contributed by atoms with Gasteiger partial charge >= 0.3 is 11.9 Å². The van der Waals surface area contributed by atoms with Crippen molar-refractivity contribution < 1.29 is 19.8 Å². The highest BCUT2D eigenvalue weighted by atomic mass is 16.4. The van der Waals surface area contributed by atoms with Crippen LogP contribution < -0.4 is 5.84 Å². The molecule has 112 valence electrons. The summed E-state index contributed by atoms with van der Waals surface area (Å²) in [6.07, 6.45) is 3.54. The van der Waals surface area contributed by atoms with Gasteiger partial charge in [0.05, 0.1) is 11.2 Å². The van der Waals surface area contributed by atoms with Gasteiger partial charge in [-0.25, -0.2) is 9.59 Å². The maximum Gasteiger partial charge on any atom is 0.414 e. The summed E-state index contributed by atoms with van der Waals surface area (Å²) in [6.45, 7) is 0. The molecular formula is C15H13N3O4. The van der Waals surface area contributed by atoms with Crippen LogP contribution in [0.1, 0.15) is 0 Å². The second-order valence-corrected chi connectivity index (χ2v) is 4.30. The van der Waals surface area contributed by atoms with E-state index in [4.69, 9.17) is 25.6 Å². The molecule has 0 spiro atoms. The van der Waals surface area contributed by atoms with Crippen LogP contribution in [0.5, 0.6) is 0 Å². The fourth-order valence-corrected chi connectivity index (χ4v) is 1.92. The van der Waals surface area contributed by atoms with Crippen LogP contribution >= 0.6 is 0 Å². The fraction of sp³-hybridized carbons (Fsp3) is 0. The first-order valence-corrected chi connectivity index (χ1v) is 6.23. The lowest BCUT2D eigenvalue weighted by molar-refractivity contribution is -0.159. The molecule has 0 unspecified atom stereocenters. The van der Waals surface area contributed by atoms with Crippen molar-refractivity contribution in [2.75, 3.05) is 5.84 Å². The summed E-state index contributed by atoms with van der Waals surface area (Å²) in [5.74, 6) is 2.42. The molecule has 22 heavy (non-hydrogen) atoms. The Labute approximate surface area is 125 Å². The largest absolute Gasteiger partial charge is 0.473 e. The maximum absolute atomic E-state index is 9.10. The second-order valence-electron chi connectivity index (χ2n) is 4.30. The molecule has 0 saturated carbocycles. The highest BCUT2D eigenvalue weighted by Gasteiger charge is 2.07. The number of nitrogens with two attached hydrogens (primary N) is 1. The first-order valence-electron chi connectivity index (χ1n) is 6.23. The predicted molar refractivity (Wildman–Crippen MR) is 80.6 cm³/mol. The zero-order valence-electron chi connectivity index (χ0n) is 11.4. The smallest absolute Gasteiger partial charge is 0.414 e. The van der Waals surface area contributed by atoms with Crippen molar-refractivity contribution in [2.24, 2.45) is 0 Å². The van der Waals surface area contributed by atoms with E-state index in [2.05, 4.69) is 17.1 Å². The van der Waals surface area contributed by atoms with Crippen LogP contribution in [0.2, 0.25) is 0 Å². The van der Waals surface area contributed by atoms with E-state index in [1.807, 2.05) is 30.3 Å². The molecule has 2 aromatic heterocycles. The van der Waals surface area contributed by atoms with E-state index in [0.717, 1.165) is 22.2 Å².